The average Bonchev–Trinajstić information content (AvgIpc) is 2.97. The molecule has 4 rings (SSSR count). The number of benzene rings is 4. The molecule has 0 aliphatic carbocycles. The largest absolute Gasteiger partial charge is 0.372 e. The molecule has 0 aromatic heterocycles. The third-order valence-corrected chi connectivity index (χ3v) is 9.50. The Labute approximate surface area is 241 Å². The molecule has 0 aliphatic rings. The predicted octanol–water partition coefficient (Wildman–Crippen LogP) is 9.22. The summed E-state index contributed by atoms with van der Waals surface area (Å²) in [6.45, 7) is 17.6. The van der Waals surface area contributed by atoms with Gasteiger partial charge in [-0.15, -0.1) is 11.8 Å². The van der Waals surface area contributed by atoms with E-state index in [1.54, 1.807) is 0 Å². The first-order chi connectivity index (χ1) is 19.0. The molecule has 0 atom stereocenters. The van der Waals surface area contributed by atoms with Crippen molar-refractivity contribution >= 4 is 23.1 Å². The Morgan fingerprint density at radius 2 is 1.00 bits per heavy atom. The van der Waals surface area contributed by atoms with E-state index in [0.29, 0.717) is 0 Å². The second-order valence-corrected chi connectivity index (χ2v) is 11.4. The fourth-order valence-corrected chi connectivity index (χ4v) is 7.44. The van der Waals surface area contributed by atoms with Crippen molar-refractivity contribution in [2.75, 3.05) is 36.0 Å². The van der Waals surface area contributed by atoms with Gasteiger partial charge in [0.2, 0.25) is 0 Å². The smallest absolute Gasteiger partial charge is 0.0915 e. The summed E-state index contributed by atoms with van der Waals surface area (Å²) in [7, 11) is 0. The lowest BCUT2D eigenvalue weighted by molar-refractivity contribution is 0.845. The van der Waals surface area contributed by atoms with E-state index in [9.17, 15) is 0 Å². The monoisotopic (exact) mass is 536 g/mol. The van der Waals surface area contributed by atoms with E-state index in [-0.39, 0.29) is 4.75 Å². The second-order valence-electron chi connectivity index (χ2n) is 10.2. The van der Waals surface area contributed by atoms with Crippen LogP contribution in [0.5, 0.6) is 0 Å². The van der Waals surface area contributed by atoms with E-state index < -0.39 is 0 Å². The molecule has 39 heavy (non-hydrogen) atoms. The Kier molecular flexibility index (Phi) is 9.80. The summed E-state index contributed by atoms with van der Waals surface area (Å²) in [6.07, 6.45) is 0. The van der Waals surface area contributed by atoms with Gasteiger partial charge in [0.1, 0.15) is 0 Å². The summed E-state index contributed by atoms with van der Waals surface area (Å²) in [5.41, 5.74) is 10.6. The predicted molar refractivity (Wildman–Crippen MR) is 174 cm³/mol. The minimum absolute atomic E-state index is 0.352. The van der Waals surface area contributed by atoms with Crippen LogP contribution >= 0.6 is 11.8 Å². The number of nitrogens with zero attached hydrogens (tertiary/aromatic N) is 2. The molecule has 2 nitrogen and oxygen atoms in total. The van der Waals surface area contributed by atoms with Crippen molar-refractivity contribution < 1.29 is 0 Å². The summed E-state index contributed by atoms with van der Waals surface area (Å²) < 4.78 is -0.352. The Hall–Kier alpha value is -3.17. The molecule has 0 amide bonds. The molecule has 0 radical (unpaired) electrons. The van der Waals surface area contributed by atoms with E-state index in [0.717, 1.165) is 31.9 Å². The normalized spacial score (nSPS) is 11.4. The van der Waals surface area contributed by atoms with Crippen LogP contribution in [0.15, 0.2) is 97.1 Å². The lowest BCUT2D eigenvalue weighted by Gasteiger charge is -2.38. The minimum atomic E-state index is -0.352. The van der Waals surface area contributed by atoms with Crippen molar-refractivity contribution in [3.8, 4) is 0 Å². The summed E-state index contributed by atoms with van der Waals surface area (Å²) in [4.78, 5) is 4.87. The van der Waals surface area contributed by atoms with Crippen LogP contribution in [-0.4, -0.2) is 26.2 Å². The average molecular weight is 537 g/mol. The fourth-order valence-electron chi connectivity index (χ4n) is 5.79. The summed E-state index contributed by atoms with van der Waals surface area (Å²) in [5.74, 6) is 0.921. The van der Waals surface area contributed by atoms with Gasteiger partial charge in [0.05, 0.1) is 4.75 Å². The first-order valence-electron chi connectivity index (χ1n) is 14.4. The van der Waals surface area contributed by atoms with Gasteiger partial charge in [0.15, 0.2) is 0 Å². The van der Waals surface area contributed by atoms with E-state index in [1.165, 1.54) is 44.8 Å². The highest BCUT2D eigenvalue weighted by molar-refractivity contribution is 7.99. The molecule has 0 aliphatic heterocycles. The second kappa shape index (κ2) is 13.3. The fraction of sp³-hybridized carbons (Fsp3) is 0.333. The van der Waals surface area contributed by atoms with Crippen molar-refractivity contribution in [3.05, 3.63) is 130 Å². The van der Waals surface area contributed by atoms with Crippen LogP contribution in [0.2, 0.25) is 0 Å². The molecule has 0 heterocycles. The summed E-state index contributed by atoms with van der Waals surface area (Å²) in [5, 5.41) is 0. The Bertz CT molecular complexity index is 1260. The van der Waals surface area contributed by atoms with Crippen LogP contribution in [0.25, 0.3) is 0 Å². The number of thioether (sulfide) groups is 1. The van der Waals surface area contributed by atoms with Crippen LogP contribution < -0.4 is 9.80 Å². The van der Waals surface area contributed by atoms with Gasteiger partial charge in [0.25, 0.3) is 0 Å². The molecule has 0 saturated carbocycles. The van der Waals surface area contributed by atoms with E-state index in [4.69, 9.17) is 0 Å². The van der Waals surface area contributed by atoms with Gasteiger partial charge in [0, 0.05) is 43.3 Å². The SMILES string of the molecule is CCN(CC)c1ccc(C(SCc2ccccc2)(c2ccccc2)c2ccc(N(CC)CC)cc2C)c(C)c1. The van der Waals surface area contributed by atoms with Crippen LogP contribution in [0.3, 0.4) is 0 Å². The Morgan fingerprint density at radius 3 is 1.41 bits per heavy atom. The van der Waals surface area contributed by atoms with Crippen molar-refractivity contribution in [1.82, 2.24) is 0 Å². The van der Waals surface area contributed by atoms with Gasteiger partial charge in [-0.2, -0.15) is 0 Å². The first kappa shape index (κ1) is 28.8. The third-order valence-electron chi connectivity index (χ3n) is 7.91. The van der Waals surface area contributed by atoms with Crippen LogP contribution in [0.1, 0.15) is 61.1 Å². The molecular weight excluding hydrogens is 492 g/mol. The zero-order valence-corrected chi connectivity index (χ0v) is 25.4. The maximum Gasteiger partial charge on any atom is 0.0915 e. The van der Waals surface area contributed by atoms with Gasteiger partial charge < -0.3 is 9.80 Å². The molecule has 4 aromatic carbocycles. The first-order valence-corrected chi connectivity index (χ1v) is 15.4. The van der Waals surface area contributed by atoms with Gasteiger partial charge in [-0.05, 0) is 99.2 Å². The minimum Gasteiger partial charge on any atom is -0.372 e. The van der Waals surface area contributed by atoms with Gasteiger partial charge >= 0.3 is 0 Å². The van der Waals surface area contributed by atoms with E-state index in [1.807, 2.05) is 11.8 Å². The molecular formula is C36H44N2S. The topological polar surface area (TPSA) is 6.48 Å². The molecule has 4 aromatic rings. The molecule has 3 heteroatoms. The van der Waals surface area contributed by atoms with Crippen LogP contribution in [0, 0.1) is 13.8 Å². The number of aryl methyl sites for hydroxylation is 2. The van der Waals surface area contributed by atoms with Crippen molar-refractivity contribution in [2.45, 2.75) is 52.0 Å². The molecule has 0 unspecified atom stereocenters. The number of hydrogen-bond donors (Lipinski definition) is 0. The standard InChI is InChI=1S/C36H44N2S/c1-7-37(8-2)32-21-23-34(28(5)25-32)36(31-19-15-12-16-20-31,39-27-30-17-13-11-14-18-30)35-24-22-33(26-29(35)6)38(9-3)10-4/h11-26H,7-10,27H2,1-6H3. The van der Waals surface area contributed by atoms with Crippen LogP contribution in [0.4, 0.5) is 11.4 Å². The summed E-state index contributed by atoms with van der Waals surface area (Å²) in [6, 6.07) is 36.2. The highest BCUT2D eigenvalue weighted by Gasteiger charge is 2.39. The highest BCUT2D eigenvalue weighted by atomic mass is 32.2. The number of hydrogen-bond acceptors (Lipinski definition) is 3. The molecule has 0 N–H and O–H groups in total. The lowest BCUT2D eigenvalue weighted by atomic mass is 9.80. The quantitative estimate of drug-likeness (QED) is 0.167. The molecule has 0 bridgehead atoms. The van der Waals surface area contributed by atoms with Gasteiger partial charge in [-0.1, -0.05) is 72.8 Å². The molecule has 0 saturated heterocycles. The van der Waals surface area contributed by atoms with E-state index >= 15 is 0 Å². The molecule has 204 valence electrons. The van der Waals surface area contributed by atoms with Crippen molar-refractivity contribution in [2.24, 2.45) is 0 Å². The van der Waals surface area contributed by atoms with Crippen molar-refractivity contribution in [3.63, 3.8) is 0 Å². The van der Waals surface area contributed by atoms with Gasteiger partial charge in [-0.25, -0.2) is 0 Å². The van der Waals surface area contributed by atoms with Crippen molar-refractivity contribution in [1.29, 1.82) is 0 Å². The highest BCUT2D eigenvalue weighted by Crippen LogP contribution is 2.52. The Morgan fingerprint density at radius 1 is 0.564 bits per heavy atom. The lowest BCUT2D eigenvalue weighted by Crippen LogP contribution is -2.29. The number of rotatable bonds is 12. The van der Waals surface area contributed by atoms with Gasteiger partial charge in [-0.3, -0.25) is 0 Å². The maximum atomic E-state index is 2.43. The summed E-state index contributed by atoms with van der Waals surface area (Å²) >= 11 is 2.03. The zero-order chi connectivity index (χ0) is 27.8. The maximum absolute atomic E-state index is 2.43. The molecule has 0 fully saturated rings. The zero-order valence-electron chi connectivity index (χ0n) is 24.6. The van der Waals surface area contributed by atoms with E-state index in [2.05, 4.69) is 148 Å². The third kappa shape index (κ3) is 6.04. The molecule has 0 spiro atoms. The number of anilines is 2. The van der Waals surface area contributed by atoms with Crippen LogP contribution in [-0.2, 0) is 10.5 Å². The Balaban J connectivity index is 1.97.